The van der Waals surface area contributed by atoms with E-state index in [0.717, 1.165) is 18.1 Å². The molecule has 1 aromatic heterocycles. The predicted octanol–water partition coefficient (Wildman–Crippen LogP) is 3.93. The summed E-state index contributed by atoms with van der Waals surface area (Å²) in [6.07, 6.45) is -0.190. The van der Waals surface area contributed by atoms with Gasteiger partial charge in [-0.15, -0.1) is 6.58 Å². The van der Waals surface area contributed by atoms with Crippen molar-refractivity contribution >= 4 is 27.5 Å². The monoisotopic (exact) mass is 470 g/mol. The molecular formula is C19H18BrF3N4O2. The van der Waals surface area contributed by atoms with E-state index in [0.29, 0.717) is 25.3 Å². The molecule has 1 N–H and O–H groups in total. The van der Waals surface area contributed by atoms with Gasteiger partial charge in [0.25, 0.3) is 0 Å². The molecule has 1 aliphatic heterocycles. The number of rotatable bonds is 6. The van der Waals surface area contributed by atoms with Gasteiger partial charge in [-0.1, -0.05) is 28.1 Å². The molecule has 1 saturated heterocycles. The minimum Gasteiger partial charge on any atom is -0.454 e. The van der Waals surface area contributed by atoms with E-state index < -0.39 is 17.5 Å². The first-order valence-electron chi connectivity index (χ1n) is 8.67. The SMILES string of the molecule is C=CC1(NC(=O)CBr)CCN(c2cccc(Oc3cnc(C(F)(F)F)nc3)c2)C1. The van der Waals surface area contributed by atoms with Crippen LogP contribution in [0, 0.1) is 0 Å². The fraction of sp³-hybridized carbons (Fsp3) is 0.316. The van der Waals surface area contributed by atoms with Crippen molar-refractivity contribution in [2.45, 2.75) is 18.1 Å². The summed E-state index contributed by atoms with van der Waals surface area (Å²) >= 11 is 3.14. The van der Waals surface area contributed by atoms with Crippen LogP contribution in [0.4, 0.5) is 18.9 Å². The van der Waals surface area contributed by atoms with Gasteiger partial charge >= 0.3 is 6.18 Å². The van der Waals surface area contributed by atoms with Crippen LogP contribution in [0.2, 0.25) is 0 Å². The third-order valence-electron chi connectivity index (χ3n) is 4.50. The van der Waals surface area contributed by atoms with Gasteiger partial charge in [0.1, 0.15) is 5.75 Å². The van der Waals surface area contributed by atoms with Gasteiger partial charge in [0.05, 0.1) is 23.3 Å². The molecule has 29 heavy (non-hydrogen) atoms. The lowest BCUT2D eigenvalue weighted by Gasteiger charge is -2.27. The molecule has 0 saturated carbocycles. The molecule has 6 nitrogen and oxygen atoms in total. The van der Waals surface area contributed by atoms with E-state index in [4.69, 9.17) is 4.74 Å². The second-order valence-corrected chi connectivity index (χ2v) is 7.11. The molecule has 0 radical (unpaired) electrons. The predicted molar refractivity (Wildman–Crippen MR) is 105 cm³/mol. The molecule has 1 aromatic carbocycles. The molecule has 0 spiro atoms. The highest BCUT2D eigenvalue weighted by molar-refractivity contribution is 9.09. The maximum absolute atomic E-state index is 12.6. The summed E-state index contributed by atoms with van der Waals surface area (Å²) in [4.78, 5) is 20.4. The normalized spacial score (nSPS) is 19.1. The third-order valence-corrected chi connectivity index (χ3v) is 5.01. The van der Waals surface area contributed by atoms with Crippen LogP contribution in [0.5, 0.6) is 11.5 Å². The summed E-state index contributed by atoms with van der Waals surface area (Å²) in [5, 5.41) is 3.19. The lowest BCUT2D eigenvalue weighted by molar-refractivity contribution is -0.145. The first kappa shape index (κ1) is 21.1. The zero-order valence-electron chi connectivity index (χ0n) is 15.2. The number of carbonyl (C=O) groups is 1. The molecule has 1 aliphatic rings. The van der Waals surface area contributed by atoms with Gasteiger partial charge in [0, 0.05) is 24.8 Å². The fourth-order valence-corrected chi connectivity index (χ4v) is 3.22. The van der Waals surface area contributed by atoms with Crippen molar-refractivity contribution in [1.29, 1.82) is 0 Å². The van der Waals surface area contributed by atoms with E-state index in [1.165, 1.54) is 0 Å². The number of nitrogens with one attached hydrogen (secondary N) is 1. The first-order chi connectivity index (χ1) is 13.7. The zero-order valence-corrected chi connectivity index (χ0v) is 16.8. The van der Waals surface area contributed by atoms with E-state index in [1.54, 1.807) is 24.3 Å². The van der Waals surface area contributed by atoms with Crippen LogP contribution in [-0.2, 0) is 11.0 Å². The Morgan fingerprint density at radius 3 is 2.69 bits per heavy atom. The molecule has 10 heteroatoms. The maximum Gasteiger partial charge on any atom is 0.451 e. The van der Waals surface area contributed by atoms with Crippen molar-refractivity contribution in [3.63, 3.8) is 0 Å². The molecule has 0 aliphatic carbocycles. The highest BCUT2D eigenvalue weighted by atomic mass is 79.9. The number of carbonyl (C=O) groups excluding carboxylic acids is 1. The Labute approximate surface area is 173 Å². The highest BCUT2D eigenvalue weighted by Crippen LogP contribution is 2.32. The van der Waals surface area contributed by atoms with Crippen molar-refractivity contribution in [2.24, 2.45) is 0 Å². The van der Waals surface area contributed by atoms with Crippen LogP contribution in [-0.4, -0.2) is 39.8 Å². The van der Waals surface area contributed by atoms with E-state index in [2.05, 4.69) is 42.7 Å². The number of halogens is 4. The second-order valence-electron chi connectivity index (χ2n) is 6.55. The van der Waals surface area contributed by atoms with E-state index in [-0.39, 0.29) is 17.0 Å². The molecular weight excluding hydrogens is 453 g/mol. The van der Waals surface area contributed by atoms with Gasteiger partial charge in [-0.05, 0) is 18.6 Å². The van der Waals surface area contributed by atoms with Gasteiger partial charge in [-0.25, -0.2) is 9.97 Å². The van der Waals surface area contributed by atoms with Gasteiger partial charge < -0.3 is 15.0 Å². The third kappa shape index (κ3) is 5.06. The summed E-state index contributed by atoms with van der Waals surface area (Å²) in [7, 11) is 0. The zero-order chi connectivity index (χ0) is 21.1. The molecule has 0 bridgehead atoms. The number of ether oxygens (including phenoxy) is 1. The largest absolute Gasteiger partial charge is 0.454 e. The van der Waals surface area contributed by atoms with Crippen molar-refractivity contribution in [2.75, 3.05) is 23.3 Å². The summed E-state index contributed by atoms with van der Waals surface area (Å²) in [6, 6.07) is 7.12. The van der Waals surface area contributed by atoms with Gasteiger partial charge in [-0.2, -0.15) is 13.2 Å². The van der Waals surface area contributed by atoms with E-state index in [9.17, 15) is 18.0 Å². The summed E-state index contributed by atoms with van der Waals surface area (Å²) in [5.41, 5.74) is 0.329. The first-order valence-corrected chi connectivity index (χ1v) is 9.79. The average Bonchev–Trinajstić information content (AvgIpc) is 3.12. The summed E-state index contributed by atoms with van der Waals surface area (Å²) in [5.74, 6) is -0.804. The molecule has 1 atom stereocenters. The maximum atomic E-state index is 12.6. The fourth-order valence-electron chi connectivity index (χ4n) is 3.08. The number of benzene rings is 1. The molecule has 1 fully saturated rings. The number of hydrogen-bond donors (Lipinski definition) is 1. The van der Waals surface area contributed by atoms with Crippen LogP contribution < -0.4 is 15.0 Å². The molecule has 2 aromatic rings. The number of amides is 1. The van der Waals surface area contributed by atoms with Crippen molar-refractivity contribution in [1.82, 2.24) is 15.3 Å². The topological polar surface area (TPSA) is 67.4 Å². The van der Waals surface area contributed by atoms with Crippen molar-refractivity contribution < 1.29 is 22.7 Å². The number of hydrogen-bond acceptors (Lipinski definition) is 5. The molecule has 154 valence electrons. The van der Waals surface area contributed by atoms with E-state index >= 15 is 0 Å². The molecule has 3 rings (SSSR count). The van der Waals surface area contributed by atoms with Crippen LogP contribution in [0.15, 0.2) is 49.3 Å². The number of alkyl halides is 4. The van der Waals surface area contributed by atoms with E-state index in [1.807, 2.05) is 6.07 Å². The minimum absolute atomic E-state index is 0.0987. The second kappa shape index (κ2) is 8.40. The van der Waals surface area contributed by atoms with Crippen LogP contribution in [0.25, 0.3) is 0 Å². The number of anilines is 1. The Hall–Kier alpha value is -2.62. The number of aromatic nitrogens is 2. The van der Waals surface area contributed by atoms with Crippen molar-refractivity contribution in [3.8, 4) is 11.5 Å². The van der Waals surface area contributed by atoms with Gasteiger partial charge in [-0.3, -0.25) is 4.79 Å². The molecule has 2 heterocycles. The minimum atomic E-state index is -4.60. The highest BCUT2D eigenvalue weighted by Gasteiger charge is 2.37. The van der Waals surface area contributed by atoms with Crippen molar-refractivity contribution in [3.05, 3.63) is 55.1 Å². The number of nitrogens with zero attached hydrogens (tertiary/aromatic N) is 3. The summed E-state index contributed by atoms with van der Waals surface area (Å²) < 4.78 is 43.3. The molecule has 1 amide bonds. The summed E-state index contributed by atoms with van der Waals surface area (Å²) in [6.45, 7) is 5.09. The Balaban J connectivity index is 1.71. The lowest BCUT2D eigenvalue weighted by atomic mass is 9.99. The Bertz CT molecular complexity index is 892. The molecule has 1 unspecified atom stereocenters. The van der Waals surface area contributed by atoms with Crippen LogP contribution >= 0.6 is 15.9 Å². The van der Waals surface area contributed by atoms with Crippen LogP contribution in [0.1, 0.15) is 12.2 Å². The van der Waals surface area contributed by atoms with Gasteiger partial charge in [0.2, 0.25) is 11.7 Å². The standard InChI is InChI=1S/C19H18BrF3N4O2/c1-2-18(26-16(28)9-20)6-7-27(12-18)13-4-3-5-14(8-13)29-15-10-24-17(25-11-15)19(21,22)23/h2-5,8,10-11H,1,6-7,9,12H2,(H,26,28). The average molecular weight is 471 g/mol. The van der Waals surface area contributed by atoms with Crippen LogP contribution in [0.3, 0.4) is 0 Å². The Kier molecular flexibility index (Phi) is 6.11. The lowest BCUT2D eigenvalue weighted by Crippen LogP contribution is -2.49. The smallest absolute Gasteiger partial charge is 0.451 e. The van der Waals surface area contributed by atoms with Gasteiger partial charge in [0.15, 0.2) is 5.75 Å². The Morgan fingerprint density at radius 2 is 2.07 bits per heavy atom. The Morgan fingerprint density at radius 1 is 1.34 bits per heavy atom. The quantitative estimate of drug-likeness (QED) is 0.511.